The Bertz CT molecular complexity index is 1070. The van der Waals surface area contributed by atoms with Gasteiger partial charge in [-0.1, -0.05) is 6.07 Å². The van der Waals surface area contributed by atoms with Crippen LogP contribution in [-0.2, 0) is 27.5 Å². The van der Waals surface area contributed by atoms with Crippen LogP contribution in [0.25, 0.3) is 0 Å². The van der Waals surface area contributed by atoms with Crippen molar-refractivity contribution in [2.24, 2.45) is 0 Å². The van der Waals surface area contributed by atoms with Crippen molar-refractivity contribution < 1.29 is 55.4 Å². The third-order valence-corrected chi connectivity index (χ3v) is 5.72. The fourth-order valence-electron chi connectivity index (χ4n) is 4.10. The van der Waals surface area contributed by atoms with E-state index in [4.69, 9.17) is 24.2 Å². The van der Waals surface area contributed by atoms with E-state index in [2.05, 4.69) is 20.9 Å². The molecular weight excluding hydrogens is 528 g/mol. The second-order valence-corrected chi connectivity index (χ2v) is 8.43. The summed E-state index contributed by atoms with van der Waals surface area (Å²) < 4.78 is 69.2. The Hall–Kier alpha value is -3.62. The highest BCUT2D eigenvalue weighted by Crippen LogP contribution is 2.33. The summed E-state index contributed by atoms with van der Waals surface area (Å²) >= 11 is 0. The zero-order valence-electron chi connectivity index (χ0n) is 20.0. The largest absolute Gasteiger partial charge is 0.490 e. The van der Waals surface area contributed by atoms with Gasteiger partial charge in [0, 0.05) is 44.0 Å². The van der Waals surface area contributed by atoms with Crippen LogP contribution in [0.15, 0.2) is 41.1 Å². The summed E-state index contributed by atoms with van der Waals surface area (Å²) in [6.45, 7) is 4.50. The van der Waals surface area contributed by atoms with Gasteiger partial charge in [0.2, 0.25) is 5.91 Å². The lowest BCUT2D eigenvalue weighted by atomic mass is 9.95. The average molecular weight is 553 g/mol. The molecule has 210 valence electrons. The maximum absolute atomic E-state index is 12.5. The lowest BCUT2D eigenvalue weighted by Gasteiger charge is -2.39. The zero-order chi connectivity index (χ0) is 28.7. The Balaban J connectivity index is 0.000000301. The van der Waals surface area contributed by atoms with Crippen molar-refractivity contribution in [3.8, 4) is 0 Å². The number of aromatic nitrogens is 1. The zero-order valence-corrected chi connectivity index (χ0v) is 20.0. The van der Waals surface area contributed by atoms with Crippen LogP contribution >= 0.6 is 0 Å². The van der Waals surface area contributed by atoms with Crippen molar-refractivity contribution in [2.75, 3.05) is 6.54 Å². The number of carbonyl (C=O) groups is 3. The number of furan rings is 1. The summed E-state index contributed by atoms with van der Waals surface area (Å²) in [5.41, 5.74) is 1.10. The molecule has 2 aliphatic rings. The Morgan fingerprint density at radius 2 is 1.61 bits per heavy atom. The van der Waals surface area contributed by atoms with Crippen molar-refractivity contribution in [1.82, 2.24) is 14.8 Å². The van der Waals surface area contributed by atoms with E-state index in [1.54, 1.807) is 6.20 Å². The number of alkyl halides is 6. The van der Waals surface area contributed by atoms with Gasteiger partial charge < -0.3 is 19.5 Å². The molecule has 0 aliphatic carbocycles. The first-order valence-corrected chi connectivity index (χ1v) is 11.2. The number of piperidine rings is 1. The molecule has 2 aliphatic heterocycles. The van der Waals surface area contributed by atoms with Crippen LogP contribution in [0.2, 0.25) is 0 Å². The predicted molar refractivity (Wildman–Crippen MR) is 117 cm³/mol. The summed E-state index contributed by atoms with van der Waals surface area (Å²) in [5.74, 6) is -3.27. The van der Waals surface area contributed by atoms with E-state index in [-0.39, 0.29) is 5.91 Å². The number of likely N-dealkylation sites (tertiary alicyclic amines) is 2. The molecule has 9 nitrogen and oxygen atoms in total. The van der Waals surface area contributed by atoms with Crippen LogP contribution in [0.4, 0.5) is 26.3 Å². The topological polar surface area (TPSA) is 124 Å². The number of nitrogens with zero attached hydrogens (tertiary/aromatic N) is 3. The van der Waals surface area contributed by atoms with Gasteiger partial charge in [0.25, 0.3) is 0 Å². The van der Waals surface area contributed by atoms with Crippen LogP contribution in [-0.4, -0.2) is 73.8 Å². The van der Waals surface area contributed by atoms with Crippen molar-refractivity contribution in [3.05, 3.63) is 53.7 Å². The number of hydrogen-bond donors (Lipinski definition) is 2. The van der Waals surface area contributed by atoms with Crippen LogP contribution < -0.4 is 0 Å². The van der Waals surface area contributed by atoms with Gasteiger partial charge in [0.05, 0.1) is 6.54 Å². The minimum atomic E-state index is -5.08. The van der Waals surface area contributed by atoms with Crippen molar-refractivity contribution in [2.45, 2.75) is 63.7 Å². The number of halogens is 6. The van der Waals surface area contributed by atoms with Gasteiger partial charge in [0.15, 0.2) is 0 Å². The molecule has 2 aromatic heterocycles. The van der Waals surface area contributed by atoms with Crippen LogP contribution in [0.1, 0.15) is 36.3 Å². The molecule has 2 fully saturated rings. The highest BCUT2D eigenvalue weighted by molar-refractivity contribution is 5.77. The Morgan fingerprint density at radius 1 is 1.00 bits per heavy atom. The molecule has 15 heteroatoms. The number of carbonyl (C=O) groups excluding carboxylic acids is 1. The first kappa shape index (κ1) is 30.6. The van der Waals surface area contributed by atoms with Crippen LogP contribution in [0, 0.1) is 6.92 Å². The predicted octanol–water partition coefficient (Wildman–Crippen LogP) is 4.02. The van der Waals surface area contributed by atoms with E-state index in [9.17, 15) is 31.1 Å². The molecule has 0 aromatic carbocycles. The molecular formula is C23H25F6N3O6. The van der Waals surface area contributed by atoms with Crippen molar-refractivity contribution >= 4 is 17.8 Å². The first-order chi connectivity index (χ1) is 17.6. The van der Waals surface area contributed by atoms with E-state index in [0.717, 1.165) is 43.0 Å². The number of aryl methyl sites for hydroxylation is 1. The summed E-state index contributed by atoms with van der Waals surface area (Å²) in [6.07, 6.45) is -3.92. The molecule has 38 heavy (non-hydrogen) atoms. The number of rotatable bonds is 4. The molecule has 4 heterocycles. The molecule has 2 N–H and O–H groups in total. The van der Waals surface area contributed by atoms with Gasteiger partial charge in [-0.05, 0) is 43.5 Å². The maximum Gasteiger partial charge on any atom is 0.490 e. The fourth-order valence-corrected chi connectivity index (χ4v) is 4.10. The number of hydrogen-bond acceptors (Lipinski definition) is 6. The monoisotopic (exact) mass is 553 g/mol. The van der Waals surface area contributed by atoms with Crippen LogP contribution in [0.5, 0.6) is 0 Å². The molecule has 2 saturated heterocycles. The Morgan fingerprint density at radius 3 is 2.08 bits per heavy atom. The molecule has 2 atom stereocenters. The average Bonchev–Trinajstić information content (AvgIpc) is 3.42. The van der Waals surface area contributed by atoms with E-state index in [1.165, 1.54) is 0 Å². The minimum Gasteiger partial charge on any atom is -0.475 e. The maximum atomic E-state index is 12.5. The van der Waals surface area contributed by atoms with Gasteiger partial charge in [-0.25, -0.2) is 9.59 Å². The van der Waals surface area contributed by atoms with Crippen molar-refractivity contribution in [1.29, 1.82) is 0 Å². The quantitative estimate of drug-likeness (QED) is 0.545. The Labute approximate surface area is 212 Å². The number of aliphatic carboxylic acids is 2. The number of pyridine rings is 1. The van der Waals surface area contributed by atoms with Gasteiger partial charge in [0.1, 0.15) is 11.5 Å². The highest BCUT2D eigenvalue weighted by Gasteiger charge is 2.43. The van der Waals surface area contributed by atoms with E-state index < -0.39 is 24.3 Å². The molecule has 4 rings (SSSR count). The fraction of sp³-hybridized carbons (Fsp3) is 0.478. The second kappa shape index (κ2) is 12.8. The third kappa shape index (κ3) is 9.04. The van der Waals surface area contributed by atoms with Crippen LogP contribution in [0.3, 0.4) is 0 Å². The number of amides is 1. The SMILES string of the molecule is Cc1ccc(CN2CC[C@@H]3[C@H]2CCC(=O)N3Cc2cccnc2)o1.O=C(O)C(F)(F)F.O=C(O)C(F)(F)F. The number of carboxylic acid groups (broad SMARTS) is 2. The van der Waals surface area contributed by atoms with E-state index >= 15 is 0 Å². The summed E-state index contributed by atoms with van der Waals surface area (Å²) in [5, 5.41) is 14.2. The molecule has 0 bridgehead atoms. The van der Waals surface area contributed by atoms with Gasteiger partial charge in [-0.15, -0.1) is 0 Å². The van der Waals surface area contributed by atoms with Gasteiger partial charge >= 0.3 is 24.3 Å². The normalized spacial score (nSPS) is 19.6. The molecule has 0 radical (unpaired) electrons. The minimum absolute atomic E-state index is 0.274. The standard InChI is InChI=1S/C19H23N3O2.2C2HF3O2/c1-14-4-5-16(24-14)13-21-10-8-18-17(21)6-7-19(23)22(18)12-15-3-2-9-20-11-15;2*3-2(4,5)1(6)7/h2-5,9,11,17-18H,6-8,10,12-13H2,1H3;2*(H,6,7)/t17-,18-;;/m1../s1. The number of fused-ring (bicyclic) bond motifs is 1. The summed E-state index contributed by atoms with van der Waals surface area (Å²) in [6, 6.07) is 8.79. The molecule has 0 spiro atoms. The lowest BCUT2D eigenvalue weighted by Crippen LogP contribution is -2.51. The lowest BCUT2D eigenvalue weighted by molar-refractivity contribution is -0.193. The van der Waals surface area contributed by atoms with E-state index in [0.29, 0.717) is 25.0 Å². The smallest absolute Gasteiger partial charge is 0.475 e. The van der Waals surface area contributed by atoms with E-state index in [1.807, 2.05) is 31.3 Å². The first-order valence-electron chi connectivity index (χ1n) is 11.2. The Kier molecular flexibility index (Phi) is 10.3. The molecule has 0 unspecified atom stereocenters. The molecule has 0 saturated carbocycles. The highest BCUT2D eigenvalue weighted by atomic mass is 19.4. The summed E-state index contributed by atoms with van der Waals surface area (Å²) in [4.78, 5) is 39.0. The van der Waals surface area contributed by atoms with Gasteiger partial charge in [-0.3, -0.25) is 14.7 Å². The summed E-state index contributed by atoms with van der Waals surface area (Å²) in [7, 11) is 0. The van der Waals surface area contributed by atoms with Crippen molar-refractivity contribution in [3.63, 3.8) is 0 Å². The third-order valence-electron chi connectivity index (χ3n) is 5.72. The molecule has 1 amide bonds. The molecule has 2 aromatic rings. The number of carboxylic acids is 2. The van der Waals surface area contributed by atoms with Gasteiger partial charge in [-0.2, -0.15) is 26.3 Å². The second-order valence-electron chi connectivity index (χ2n) is 8.43.